The Morgan fingerprint density at radius 1 is 1.13 bits per heavy atom. The zero-order valence-corrected chi connectivity index (χ0v) is 13.1. The number of halogens is 1. The molecule has 0 aliphatic heterocycles. The maximum Gasteiger partial charge on any atom is 0.274 e. The average Bonchev–Trinajstić information content (AvgIpc) is 2.57. The Labute approximate surface area is 138 Å². The molecule has 0 atom stereocenters. The number of rotatable bonds is 4. The lowest BCUT2D eigenvalue weighted by Gasteiger charge is -2.10. The Morgan fingerprint density at radius 3 is 2.61 bits per heavy atom. The number of fused-ring (bicyclic) bond motifs is 1. The van der Waals surface area contributed by atoms with Crippen molar-refractivity contribution in [3.8, 4) is 0 Å². The lowest BCUT2D eigenvalue weighted by Crippen LogP contribution is -2.14. The second kappa shape index (κ2) is 6.64. The van der Waals surface area contributed by atoms with E-state index >= 15 is 0 Å². The first-order valence-corrected chi connectivity index (χ1v) is 7.31. The van der Waals surface area contributed by atoms with Gasteiger partial charge < -0.3 is 5.32 Å². The van der Waals surface area contributed by atoms with E-state index in [9.17, 15) is 4.79 Å². The van der Waals surface area contributed by atoms with E-state index in [2.05, 4.69) is 15.8 Å². The van der Waals surface area contributed by atoms with Crippen molar-refractivity contribution < 1.29 is 9.63 Å². The SMILES string of the molecule is CONc1cc(C(=O)Nc2ccc(Cl)cc2)nc2ccccc12. The molecule has 0 bridgehead atoms. The first-order chi connectivity index (χ1) is 11.2. The molecule has 3 aromatic rings. The van der Waals surface area contributed by atoms with Gasteiger partial charge in [0.1, 0.15) is 5.69 Å². The van der Waals surface area contributed by atoms with Crippen LogP contribution in [-0.2, 0) is 4.84 Å². The van der Waals surface area contributed by atoms with Crippen LogP contribution >= 0.6 is 11.6 Å². The van der Waals surface area contributed by atoms with Crippen molar-refractivity contribution in [2.24, 2.45) is 0 Å². The van der Waals surface area contributed by atoms with E-state index in [4.69, 9.17) is 16.4 Å². The van der Waals surface area contributed by atoms with Gasteiger partial charge in [-0.2, -0.15) is 0 Å². The molecule has 2 aromatic carbocycles. The summed E-state index contributed by atoms with van der Waals surface area (Å²) in [4.78, 5) is 21.8. The van der Waals surface area contributed by atoms with Crippen LogP contribution in [0.1, 0.15) is 10.5 Å². The van der Waals surface area contributed by atoms with Gasteiger partial charge in [-0.05, 0) is 36.4 Å². The fraction of sp³-hybridized carbons (Fsp3) is 0.0588. The van der Waals surface area contributed by atoms with Gasteiger partial charge in [-0.1, -0.05) is 29.8 Å². The van der Waals surface area contributed by atoms with Gasteiger partial charge in [0.2, 0.25) is 0 Å². The Hall–Kier alpha value is -2.63. The van der Waals surface area contributed by atoms with Crippen LogP contribution in [0, 0.1) is 0 Å². The summed E-state index contributed by atoms with van der Waals surface area (Å²) in [7, 11) is 1.52. The van der Waals surface area contributed by atoms with Gasteiger partial charge in [-0.15, -0.1) is 0 Å². The van der Waals surface area contributed by atoms with Gasteiger partial charge in [0.05, 0.1) is 18.3 Å². The van der Waals surface area contributed by atoms with Crippen molar-refractivity contribution in [1.82, 2.24) is 4.98 Å². The lowest BCUT2D eigenvalue weighted by atomic mass is 10.1. The van der Waals surface area contributed by atoms with Crippen LogP contribution in [0.15, 0.2) is 54.6 Å². The number of pyridine rings is 1. The first-order valence-electron chi connectivity index (χ1n) is 6.93. The summed E-state index contributed by atoms with van der Waals surface area (Å²) in [5.74, 6) is -0.308. The Morgan fingerprint density at radius 2 is 1.87 bits per heavy atom. The minimum Gasteiger partial charge on any atom is -0.321 e. The van der Waals surface area contributed by atoms with E-state index in [0.29, 0.717) is 27.6 Å². The highest BCUT2D eigenvalue weighted by molar-refractivity contribution is 6.30. The monoisotopic (exact) mass is 327 g/mol. The van der Waals surface area contributed by atoms with Crippen molar-refractivity contribution in [3.63, 3.8) is 0 Å². The third-order valence-electron chi connectivity index (χ3n) is 3.26. The molecule has 0 unspecified atom stereocenters. The van der Waals surface area contributed by atoms with Crippen LogP contribution in [0.5, 0.6) is 0 Å². The maximum atomic E-state index is 12.4. The number of hydrogen-bond acceptors (Lipinski definition) is 4. The highest BCUT2D eigenvalue weighted by Crippen LogP contribution is 2.23. The third kappa shape index (κ3) is 3.41. The molecule has 3 rings (SSSR count). The molecule has 0 aliphatic rings. The predicted molar refractivity (Wildman–Crippen MR) is 91.8 cm³/mol. The maximum absolute atomic E-state index is 12.4. The summed E-state index contributed by atoms with van der Waals surface area (Å²) in [5.41, 5.74) is 5.10. The average molecular weight is 328 g/mol. The molecule has 5 nitrogen and oxygen atoms in total. The summed E-state index contributed by atoms with van der Waals surface area (Å²) in [6.45, 7) is 0. The molecule has 0 saturated carbocycles. The number of anilines is 2. The number of carbonyl (C=O) groups is 1. The number of para-hydroxylation sites is 1. The molecule has 0 radical (unpaired) electrons. The van der Waals surface area contributed by atoms with E-state index in [-0.39, 0.29) is 5.91 Å². The standard InChI is InChI=1S/C17H14ClN3O2/c1-23-21-15-10-16(20-14-5-3-2-4-13(14)15)17(22)19-12-8-6-11(18)7-9-12/h2-10H,1H3,(H,19,22)(H,20,21). The minimum atomic E-state index is -0.308. The van der Waals surface area contributed by atoms with Crippen molar-refractivity contribution in [1.29, 1.82) is 0 Å². The molecule has 0 spiro atoms. The molecule has 23 heavy (non-hydrogen) atoms. The highest BCUT2D eigenvalue weighted by atomic mass is 35.5. The molecule has 2 N–H and O–H groups in total. The van der Waals surface area contributed by atoms with Gasteiger partial charge in [0.15, 0.2) is 0 Å². The molecular weight excluding hydrogens is 314 g/mol. The predicted octanol–water partition coefficient (Wildman–Crippen LogP) is 4.11. The van der Waals surface area contributed by atoms with Crippen molar-refractivity contribution in [2.45, 2.75) is 0 Å². The van der Waals surface area contributed by atoms with E-state index in [0.717, 1.165) is 5.39 Å². The molecule has 1 amide bonds. The van der Waals surface area contributed by atoms with Gasteiger partial charge in [0.25, 0.3) is 5.91 Å². The highest BCUT2D eigenvalue weighted by Gasteiger charge is 2.12. The quantitative estimate of drug-likeness (QED) is 0.708. The van der Waals surface area contributed by atoms with E-state index in [1.54, 1.807) is 30.3 Å². The van der Waals surface area contributed by atoms with Crippen LogP contribution < -0.4 is 10.8 Å². The number of carbonyl (C=O) groups excluding carboxylic acids is 1. The summed E-state index contributed by atoms with van der Waals surface area (Å²) >= 11 is 5.84. The van der Waals surface area contributed by atoms with Crippen molar-refractivity contribution in [3.05, 3.63) is 65.3 Å². The number of benzene rings is 2. The first kappa shape index (κ1) is 15.3. The molecule has 0 fully saturated rings. The number of hydrogen-bond donors (Lipinski definition) is 2. The summed E-state index contributed by atoms with van der Waals surface area (Å²) in [6, 6.07) is 16.1. The smallest absolute Gasteiger partial charge is 0.274 e. The molecule has 116 valence electrons. The zero-order valence-electron chi connectivity index (χ0n) is 12.3. The van der Waals surface area contributed by atoms with E-state index in [1.165, 1.54) is 7.11 Å². The van der Waals surface area contributed by atoms with Gasteiger partial charge >= 0.3 is 0 Å². The second-order valence-electron chi connectivity index (χ2n) is 4.84. The number of nitrogens with zero attached hydrogens (tertiary/aromatic N) is 1. The molecule has 0 aliphatic carbocycles. The van der Waals surface area contributed by atoms with Gasteiger partial charge in [-0.25, -0.2) is 4.98 Å². The zero-order chi connectivity index (χ0) is 16.2. The second-order valence-corrected chi connectivity index (χ2v) is 5.28. The number of nitrogens with one attached hydrogen (secondary N) is 2. The minimum absolute atomic E-state index is 0.290. The largest absolute Gasteiger partial charge is 0.321 e. The summed E-state index contributed by atoms with van der Waals surface area (Å²) < 4.78 is 0. The fourth-order valence-corrected chi connectivity index (χ4v) is 2.34. The van der Waals surface area contributed by atoms with Crippen LogP contribution in [0.3, 0.4) is 0 Å². The van der Waals surface area contributed by atoms with Crippen LogP contribution in [-0.4, -0.2) is 18.0 Å². The van der Waals surface area contributed by atoms with Crippen molar-refractivity contribution >= 4 is 39.8 Å². The molecule has 0 saturated heterocycles. The Bertz CT molecular complexity index is 850. The van der Waals surface area contributed by atoms with Crippen LogP contribution in [0.25, 0.3) is 10.9 Å². The molecule has 6 heteroatoms. The van der Waals surface area contributed by atoms with Gasteiger partial charge in [0, 0.05) is 16.1 Å². The summed E-state index contributed by atoms with van der Waals surface area (Å²) in [6.07, 6.45) is 0. The third-order valence-corrected chi connectivity index (χ3v) is 3.51. The fourth-order valence-electron chi connectivity index (χ4n) is 2.21. The normalized spacial score (nSPS) is 10.5. The topological polar surface area (TPSA) is 63.2 Å². The van der Waals surface area contributed by atoms with Crippen LogP contribution in [0.2, 0.25) is 5.02 Å². The van der Waals surface area contributed by atoms with E-state index in [1.807, 2.05) is 24.3 Å². The molecule has 1 aromatic heterocycles. The summed E-state index contributed by atoms with van der Waals surface area (Å²) in [5, 5.41) is 4.27. The van der Waals surface area contributed by atoms with E-state index < -0.39 is 0 Å². The molecular formula is C17H14ClN3O2. The van der Waals surface area contributed by atoms with Gasteiger partial charge in [-0.3, -0.25) is 15.1 Å². The van der Waals surface area contributed by atoms with Crippen LogP contribution in [0.4, 0.5) is 11.4 Å². The lowest BCUT2D eigenvalue weighted by molar-refractivity contribution is 0.102. The Kier molecular flexibility index (Phi) is 4.41. The number of aromatic nitrogens is 1. The van der Waals surface area contributed by atoms with Crippen molar-refractivity contribution in [2.75, 3.05) is 17.9 Å². The number of amides is 1. The molecule has 1 heterocycles. The Balaban J connectivity index is 1.95.